The molecule has 6 nitrogen and oxygen atoms in total. The van der Waals surface area contributed by atoms with E-state index in [1.807, 2.05) is 7.11 Å². The maximum absolute atomic E-state index is 13.3. The number of nitrogens with two attached hydrogens (primary N) is 1. The highest BCUT2D eigenvalue weighted by Crippen LogP contribution is 2.75. The molecule has 3 saturated carbocycles. The minimum Gasteiger partial charge on any atom is -0.481 e. The maximum Gasteiger partial charge on any atom is 0.307 e. The Morgan fingerprint density at radius 3 is 2.30 bits per heavy atom. The summed E-state index contributed by atoms with van der Waals surface area (Å²) in [6.45, 7) is 26.7. The van der Waals surface area contributed by atoms with Crippen molar-refractivity contribution in [3.63, 3.8) is 0 Å². The first-order valence-electron chi connectivity index (χ1n) is 17.6. The van der Waals surface area contributed by atoms with Gasteiger partial charge in [0.1, 0.15) is 0 Å². The summed E-state index contributed by atoms with van der Waals surface area (Å²) in [5.74, 6) is 0.580. The Hall–Kier alpha value is -0.950. The lowest BCUT2D eigenvalue weighted by Crippen LogP contribution is -2.70. The Bertz CT molecular complexity index is 1160. The third-order valence-electron chi connectivity index (χ3n) is 15.6. The van der Waals surface area contributed by atoms with Crippen molar-refractivity contribution < 1.29 is 24.1 Å². The van der Waals surface area contributed by atoms with Crippen LogP contribution in [0.1, 0.15) is 115 Å². The molecule has 252 valence electrons. The smallest absolute Gasteiger partial charge is 0.307 e. The van der Waals surface area contributed by atoms with Gasteiger partial charge in [0.15, 0.2) is 0 Å². The minimum absolute atomic E-state index is 0.0509. The van der Waals surface area contributed by atoms with E-state index in [-0.39, 0.29) is 50.6 Å². The Morgan fingerprint density at radius 1 is 1.07 bits per heavy atom. The molecule has 0 aromatic rings. The number of methoxy groups -OCH3 is 1. The summed E-state index contributed by atoms with van der Waals surface area (Å²) in [6.07, 6.45) is 8.31. The molecule has 0 aromatic heterocycles. The van der Waals surface area contributed by atoms with Crippen molar-refractivity contribution in [2.45, 2.75) is 132 Å². The molecule has 4 aliphatic carbocycles. The fraction of sp³-hybridized carbons (Fsp3) is 0.921. The molecule has 1 heterocycles. The normalized spacial score (nSPS) is 47.5. The van der Waals surface area contributed by atoms with E-state index in [9.17, 15) is 9.90 Å². The maximum atomic E-state index is 13.3. The number of rotatable bonds is 7. The van der Waals surface area contributed by atoms with Crippen LogP contribution in [0.25, 0.3) is 0 Å². The lowest BCUT2D eigenvalue weighted by molar-refractivity contribution is -0.270. The van der Waals surface area contributed by atoms with Crippen LogP contribution in [0.5, 0.6) is 0 Å². The van der Waals surface area contributed by atoms with E-state index in [0.29, 0.717) is 36.9 Å². The van der Waals surface area contributed by atoms with Crippen LogP contribution in [0.4, 0.5) is 0 Å². The molecule has 1 saturated heterocycles. The van der Waals surface area contributed by atoms with E-state index in [1.54, 1.807) is 5.57 Å². The fourth-order valence-corrected chi connectivity index (χ4v) is 11.6. The molecule has 5 rings (SSSR count). The van der Waals surface area contributed by atoms with Crippen molar-refractivity contribution in [1.82, 2.24) is 0 Å². The quantitative estimate of drug-likeness (QED) is 0.285. The first kappa shape index (κ1) is 34.4. The van der Waals surface area contributed by atoms with Crippen LogP contribution in [0.15, 0.2) is 11.6 Å². The van der Waals surface area contributed by atoms with Gasteiger partial charge in [-0.25, -0.2) is 0 Å². The van der Waals surface area contributed by atoms with E-state index < -0.39 is 11.5 Å². The van der Waals surface area contributed by atoms with Gasteiger partial charge in [0.05, 0.1) is 37.9 Å². The summed E-state index contributed by atoms with van der Waals surface area (Å²) in [5, 5.41) is 11.0. The van der Waals surface area contributed by atoms with Gasteiger partial charge in [-0.15, -0.1) is 0 Å². The van der Waals surface area contributed by atoms with Crippen molar-refractivity contribution in [2.75, 3.05) is 26.9 Å². The molecule has 5 aliphatic rings. The van der Waals surface area contributed by atoms with E-state index in [2.05, 4.69) is 82.2 Å². The minimum atomic E-state index is -0.607. The third-order valence-corrected chi connectivity index (χ3v) is 15.6. The summed E-state index contributed by atoms with van der Waals surface area (Å²) < 4.78 is 19.8. The number of aliphatic carboxylic acids is 1. The van der Waals surface area contributed by atoms with E-state index in [4.69, 9.17) is 19.9 Å². The monoisotopic (exact) mass is 615 g/mol. The summed E-state index contributed by atoms with van der Waals surface area (Å²) in [4.78, 5) is 13.3. The van der Waals surface area contributed by atoms with Gasteiger partial charge in [0, 0.05) is 23.5 Å². The summed E-state index contributed by atoms with van der Waals surface area (Å²) in [6, 6.07) is 0. The Morgan fingerprint density at radius 2 is 1.73 bits per heavy atom. The number of carbonyl (C=O) groups is 1. The molecule has 0 amide bonds. The molecule has 1 unspecified atom stereocenters. The highest BCUT2D eigenvalue weighted by molar-refractivity contribution is 5.73. The number of hydrogen-bond acceptors (Lipinski definition) is 5. The predicted octanol–water partition coefficient (Wildman–Crippen LogP) is 7.74. The molecular formula is C38H65NO5. The molecule has 0 spiro atoms. The van der Waals surface area contributed by atoms with Gasteiger partial charge in [-0.05, 0) is 90.8 Å². The first-order chi connectivity index (χ1) is 20.2. The zero-order valence-electron chi connectivity index (χ0n) is 30.1. The molecule has 3 N–H and O–H groups in total. The molecule has 0 radical (unpaired) electrons. The predicted molar refractivity (Wildman–Crippen MR) is 176 cm³/mol. The number of ether oxygens (including phenoxy) is 3. The average molecular weight is 616 g/mol. The average Bonchev–Trinajstić information content (AvgIpc) is 2.91. The molecule has 2 bridgehead atoms. The Kier molecular flexibility index (Phi) is 8.43. The molecule has 1 aliphatic heterocycles. The lowest BCUT2D eigenvalue weighted by atomic mass is 9.34. The van der Waals surface area contributed by atoms with Gasteiger partial charge in [0.2, 0.25) is 0 Å². The lowest BCUT2D eigenvalue weighted by Gasteiger charge is -2.71. The molecule has 44 heavy (non-hydrogen) atoms. The standard InChI is InChI=1S/C38H65NO5/c1-23(2)24(3)33(7)17-18-35(9)25-13-14-28-34(8)20-43-22-38(28,26(25)15-16-36(35,10)29(33)31(40)41)19-27(42-12)30(34)44-21-37(11,39)32(4,5)6/h15,23-25,27-30H,13-14,16-22,39H2,1-12H3,(H,40,41)/t24-,25+,27?,28+,29-,30+,33-,34-,35-,36+,37+,38+/m1/s1. The van der Waals surface area contributed by atoms with Crippen molar-refractivity contribution in [3.8, 4) is 0 Å². The van der Waals surface area contributed by atoms with E-state index >= 15 is 0 Å². The first-order valence-corrected chi connectivity index (χ1v) is 17.6. The highest BCUT2D eigenvalue weighted by Gasteiger charge is 2.71. The second kappa shape index (κ2) is 10.8. The van der Waals surface area contributed by atoms with Crippen LogP contribution in [-0.4, -0.2) is 55.8 Å². The van der Waals surface area contributed by atoms with Gasteiger partial charge in [0.25, 0.3) is 0 Å². The number of carboxylic acids is 1. The van der Waals surface area contributed by atoms with Crippen molar-refractivity contribution in [3.05, 3.63) is 11.6 Å². The largest absolute Gasteiger partial charge is 0.481 e. The molecule has 4 fully saturated rings. The SMILES string of the molecule is COC1C[C@@]23COC[C@](C)([C@@H]2CC[C@H]2C3=CC[C@@]3(C)[C@H](C(=O)O)[C@@](C)([C@H](C)C(C)C)CC[C@]23C)[C@H]1OC[C@](C)(N)C(C)(C)C. The van der Waals surface area contributed by atoms with Gasteiger partial charge >= 0.3 is 5.97 Å². The summed E-state index contributed by atoms with van der Waals surface area (Å²) in [5.41, 5.74) is 6.85. The fourth-order valence-electron chi connectivity index (χ4n) is 11.6. The second-order valence-corrected chi connectivity index (χ2v) is 18.7. The second-order valence-electron chi connectivity index (χ2n) is 18.7. The van der Waals surface area contributed by atoms with Crippen LogP contribution >= 0.6 is 0 Å². The Labute approximate surface area is 268 Å². The van der Waals surface area contributed by atoms with E-state index in [0.717, 1.165) is 45.1 Å². The van der Waals surface area contributed by atoms with Gasteiger partial charge < -0.3 is 25.1 Å². The molecule has 0 aromatic carbocycles. The number of carboxylic acid groups (broad SMARTS) is 1. The zero-order valence-corrected chi connectivity index (χ0v) is 30.1. The van der Waals surface area contributed by atoms with Crippen molar-refractivity contribution in [1.29, 1.82) is 0 Å². The van der Waals surface area contributed by atoms with Crippen LogP contribution in [0.2, 0.25) is 0 Å². The third kappa shape index (κ3) is 4.57. The van der Waals surface area contributed by atoms with Crippen LogP contribution in [0, 0.1) is 62.1 Å². The Balaban J connectivity index is 1.54. The van der Waals surface area contributed by atoms with E-state index in [1.165, 1.54) is 0 Å². The van der Waals surface area contributed by atoms with Crippen LogP contribution in [-0.2, 0) is 19.0 Å². The number of fused-ring (bicyclic) bond motifs is 3. The highest BCUT2D eigenvalue weighted by atomic mass is 16.5. The topological polar surface area (TPSA) is 91.0 Å². The zero-order chi connectivity index (χ0) is 32.9. The van der Waals surface area contributed by atoms with Crippen LogP contribution in [0.3, 0.4) is 0 Å². The summed E-state index contributed by atoms with van der Waals surface area (Å²) in [7, 11) is 1.84. The van der Waals surface area contributed by atoms with Gasteiger partial charge in [-0.3, -0.25) is 4.79 Å². The van der Waals surface area contributed by atoms with Crippen LogP contribution < -0.4 is 5.73 Å². The van der Waals surface area contributed by atoms with Crippen molar-refractivity contribution >= 4 is 5.97 Å². The summed E-state index contributed by atoms with van der Waals surface area (Å²) >= 11 is 0. The molecule has 12 atom stereocenters. The number of allylic oxidation sites excluding steroid dienone is 1. The number of hydrogen-bond donors (Lipinski definition) is 2. The van der Waals surface area contributed by atoms with Gasteiger partial charge in [-0.1, -0.05) is 80.9 Å². The molecule has 6 heteroatoms. The van der Waals surface area contributed by atoms with Gasteiger partial charge in [-0.2, -0.15) is 0 Å². The van der Waals surface area contributed by atoms with Crippen molar-refractivity contribution in [2.24, 2.45) is 67.8 Å². The molecular weight excluding hydrogens is 550 g/mol.